The lowest BCUT2D eigenvalue weighted by atomic mass is 10.1. The molecule has 1 heterocycles. The van der Waals surface area contributed by atoms with E-state index in [2.05, 4.69) is 5.32 Å². The SMILES string of the molecule is Cc1cccc(OCC(=O)N[C@H](c2ccc(F)cc2)c2cccs2)c1C. The maximum Gasteiger partial charge on any atom is 0.258 e. The van der Waals surface area contributed by atoms with Gasteiger partial charge in [0, 0.05) is 4.88 Å². The van der Waals surface area contributed by atoms with Crippen molar-refractivity contribution in [2.24, 2.45) is 0 Å². The molecule has 26 heavy (non-hydrogen) atoms. The molecule has 0 bridgehead atoms. The molecule has 1 N–H and O–H groups in total. The van der Waals surface area contributed by atoms with E-state index >= 15 is 0 Å². The Kier molecular flexibility index (Phi) is 5.68. The largest absolute Gasteiger partial charge is 0.483 e. The van der Waals surface area contributed by atoms with Gasteiger partial charge in [-0.1, -0.05) is 30.3 Å². The van der Waals surface area contributed by atoms with Crippen LogP contribution in [0, 0.1) is 19.7 Å². The van der Waals surface area contributed by atoms with Crippen molar-refractivity contribution in [3.63, 3.8) is 0 Å². The van der Waals surface area contributed by atoms with Gasteiger partial charge in [-0.3, -0.25) is 4.79 Å². The van der Waals surface area contributed by atoms with Crippen molar-refractivity contribution in [1.82, 2.24) is 5.32 Å². The number of benzene rings is 2. The fourth-order valence-corrected chi connectivity index (χ4v) is 3.46. The van der Waals surface area contributed by atoms with E-state index in [1.54, 1.807) is 23.5 Å². The highest BCUT2D eigenvalue weighted by Crippen LogP contribution is 2.26. The molecule has 5 heteroatoms. The van der Waals surface area contributed by atoms with Crippen LogP contribution >= 0.6 is 11.3 Å². The zero-order chi connectivity index (χ0) is 18.5. The Morgan fingerprint density at radius 2 is 1.88 bits per heavy atom. The summed E-state index contributed by atoms with van der Waals surface area (Å²) in [5.74, 6) is 0.173. The first-order chi connectivity index (χ1) is 12.5. The van der Waals surface area contributed by atoms with Crippen molar-refractivity contribution in [2.75, 3.05) is 6.61 Å². The summed E-state index contributed by atoms with van der Waals surface area (Å²) in [5, 5.41) is 4.93. The van der Waals surface area contributed by atoms with Gasteiger partial charge in [0.1, 0.15) is 11.6 Å². The number of nitrogens with one attached hydrogen (secondary N) is 1. The lowest BCUT2D eigenvalue weighted by Gasteiger charge is -2.19. The van der Waals surface area contributed by atoms with Crippen LogP contribution in [0.2, 0.25) is 0 Å². The Hall–Kier alpha value is -2.66. The molecule has 0 radical (unpaired) electrons. The number of hydrogen-bond donors (Lipinski definition) is 1. The highest BCUT2D eigenvalue weighted by Gasteiger charge is 2.18. The van der Waals surface area contributed by atoms with Crippen LogP contribution in [0.15, 0.2) is 60.0 Å². The molecule has 2 aromatic carbocycles. The number of halogens is 1. The number of aryl methyl sites for hydroxylation is 1. The second-order valence-electron chi connectivity index (χ2n) is 6.05. The molecule has 134 valence electrons. The third-order valence-electron chi connectivity index (χ3n) is 4.25. The Labute approximate surface area is 156 Å². The number of hydrogen-bond acceptors (Lipinski definition) is 3. The molecule has 0 aliphatic rings. The molecule has 0 fully saturated rings. The molecule has 0 unspecified atom stereocenters. The predicted octanol–water partition coefficient (Wildman–Crippen LogP) is 4.79. The summed E-state index contributed by atoms with van der Waals surface area (Å²) in [6.07, 6.45) is 0. The van der Waals surface area contributed by atoms with Gasteiger partial charge in [0.2, 0.25) is 0 Å². The average molecular weight is 369 g/mol. The molecule has 0 aliphatic heterocycles. The van der Waals surface area contributed by atoms with Crippen LogP contribution < -0.4 is 10.1 Å². The Balaban J connectivity index is 1.71. The average Bonchev–Trinajstić information content (AvgIpc) is 3.16. The first-order valence-corrected chi connectivity index (χ1v) is 9.20. The van der Waals surface area contributed by atoms with E-state index in [1.165, 1.54) is 12.1 Å². The topological polar surface area (TPSA) is 38.3 Å². The van der Waals surface area contributed by atoms with Crippen LogP contribution in [0.4, 0.5) is 4.39 Å². The van der Waals surface area contributed by atoms with E-state index < -0.39 is 0 Å². The van der Waals surface area contributed by atoms with Gasteiger partial charge in [0.15, 0.2) is 6.61 Å². The second kappa shape index (κ2) is 8.15. The van der Waals surface area contributed by atoms with Crippen LogP contribution in [0.5, 0.6) is 5.75 Å². The normalized spacial score (nSPS) is 11.8. The first kappa shape index (κ1) is 18.1. The molecule has 3 rings (SSSR count). The molecule has 0 aliphatic carbocycles. The molecule has 3 nitrogen and oxygen atoms in total. The summed E-state index contributed by atoms with van der Waals surface area (Å²) >= 11 is 1.54. The van der Waals surface area contributed by atoms with E-state index in [4.69, 9.17) is 4.74 Å². The highest BCUT2D eigenvalue weighted by atomic mass is 32.1. The number of thiophene rings is 1. The lowest BCUT2D eigenvalue weighted by Crippen LogP contribution is -2.33. The van der Waals surface area contributed by atoms with Crippen molar-refractivity contribution in [3.8, 4) is 5.75 Å². The zero-order valence-corrected chi connectivity index (χ0v) is 15.5. The van der Waals surface area contributed by atoms with E-state index in [-0.39, 0.29) is 24.4 Å². The van der Waals surface area contributed by atoms with E-state index in [1.807, 2.05) is 49.6 Å². The summed E-state index contributed by atoms with van der Waals surface area (Å²) in [4.78, 5) is 13.4. The van der Waals surface area contributed by atoms with Crippen LogP contribution in [-0.4, -0.2) is 12.5 Å². The van der Waals surface area contributed by atoms with Gasteiger partial charge < -0.3 is 10.1 Å². The summed E-state index contributed by atoms with van der Waals surface area (Å²) < 4.78 is 18.9. The molecule has 0 spiro atoms. The zero-order valence-electron chi connectivity index (χ0n) is 14.7. The molecular weight excluding hydrogens is 349 g/mol. The quantitative estimate of drug-likeness (QED) is 0.678. The van der Waals surface area contributed by atoms with E-state index in [0.717, 1.165) is 21.6 Å². The molecule has 1 aromatic heterocycles. The Bertz CT molecular complexity index is 876. The predicted molar refractivity (Wildman–Crippen MR) is 102 cm³/mol. The van der Waals surface area contributed by atoms with Gasteiger partial charge in [-0.25, -0.2) is 4.39 Å². The molecule has 3 aromatic rings. The van der Waals surface area contributed by atoms with Crippen molar-refractivity contribution < 1.29 is 13.9 Å². The van der Waals surface area contributed by atoms with Gasteiger partial charge in [-0.2, -0.15) is 0 Å². The summed E-state index contributed by atoms with van der Waals surface area (Å²) in [6.45, 7) is 3.90. The van der Waals surface area contributed by atoms with Crippen LogP contribution in [-0.2, 0) is 4.79 Å². The van der Waals surface area contributed by atoms with Gasteiger partial charge in [0.25, 0.3) is 5.91 Å². The van der Waals surface area contributed by atoms with E-state index in [9.17, 15) is 9.18 Å². The van der Waals surface area contributed by atoms with Crippen molar-refractivity contribution in [3.05, 3.63) is 87.4 Å². The molecule has 1 amide bonds. The van der Waals surface area contributed by atoms with Gasteiger partial charge in [-0.05, 0) is 60.2 Å². The molecule has 0 saturated carbocycles. The Morgan fingerprint density at radius 3 is 2.58 bits per heavy atom. The van der Waals surface area contributed by atoms with E-state index in [0.29, 0.717) is 5.75 Å². The minimum absolute atomic E-state index is 0.0760. The summed E-state index contributed by atoms with van der Waals surface area (Å²) in [5.41, 5.74) is 2.97. The second-order valence-corrected chi connectivity index (χ2v) is 7.03. The maximum atomic E-state index is 13.2. The molecule has 1 atom stereocenters. The molecular formula is C21H20FNO2S. The standard InChI is InChI=1S/C21H20FNO2S/c1-14-5-3-6-18(15(14)2)25-13-20(24)23-21(19-7-4-12-26-19)16-8-10-17(22)11-9-16/h3-12,21H,13H2,1-2H3,(H,23,24)/t21-/m1/s1. The summed E-state index contributed by atoms with van der Waals surface area (Å²) in [7, 11) is 0. The number of ether oxygens (including phenoxy) is 1. The fraction of sp³-hybridized carbons (Fsp3) is 0.190. The monoisotopic (exact) mass is 369 g/mol. The van der Waals surface area contributed by atoms with Gasteiger partial charge in [-0.15, -0.1) is 11.3 Å². The van der Waals surface area contributed by atoms with Crippen molar-refractivity contribution in [2.45, 2.75) is 19.9 Å². The minimum Gasteiger partial charge on any atom is -0.483 e. The smallest absolute Gasteiger partial charge is 0.258 e. The minimum atomic E-state index is -0.328. The number of amides is 1. The maximum absolute atomic E-state index is 13.2. The third kappa shape index (κ3) is 4.29. The van der Waals surface area contributed by atoms with Crippen LogP contribution in [0.3, 0.4) is 0 Å². The number of carbonyl (C=O) groups is 1. The first-order valence-electron chi connectivity index (χ1n) is 8.32. The third-order valence-corrected chi connectivity index (χ3v) is 5.19. The van der Waals surface area contributed by atoms with Crippen molar-refractivity contribution >= 4 is 17.2 Å². The van der Waals surface area contributed by atoms with Gasteiger partial charge in [0.05, 0.1) is 6.04 Å². The number of carbonyl (C=O) groups excluding carboxylic acids is 1. The number of rotatable bonds is 6. The Morgan fingerprint density at radius 1 is 1.12 bits per heavy atom. The van der Waals surface area contributed by atoms with Crippen LogP contribution in [0.1, 0.15) is 27.6 Å². The fourth-order valence-electron chi connectivity index (χ4n) is 2.66. The van der Waals surface area contributed by atoms with Crippen LogP contribution in [0.25, 0.3) is 0 Å². The molecule has 0 saturated heterocycles. The lowest BCUT2D eigenvalue weighted by molar-refractivity contribution is -0.123. The highest BCUT2D eigenvalue weighted by molar-refractivity contribution is 7.10. The summed E-state index contributed by atoms with van der Waals surface area (Å²) in [6, 6.07) is 15.5. The van der Waals surface area contributed by atoms with Gasteiger partial charge >= 0.3 is 0 Å². The van der Waals surface area contributed by atoms with Crippen molar-refractivity contribution in [1.29, 1.82) is 0 Å².